The first-order valence-corrected chi connectivity index (χ1v) is 11.1. The van der Waals surface area contributed by atoms with Gasteiger partial charge < -0.3 is 23.9 Å². The van der Waals surface area contributed by atoms with Crippen molar-refractivity contribution >= 4 is 35.0 Å². The van der Waals surface area contributed by atoms with Gasteiger partial charge in [0.2, 0.25) is 5.79 Å². The zero-order chi connectivity index (χ0) is 23.4. The zero-order valence-corrected chi connectivity index (χ0v) is 19.4. The third-order valence-corrected chi connectivity index (χ3v) is 5.83. The second-order valence-corrected chi connectivity index (χ2v) is 8.34. The van der Waals surface area contributed by atoms with Gasteiger partial charge >= 0.3 is 6.09 Å². The summed E-state index contributed by atoms with van der Waals surface area (Å²) >= 11 is 12.6. The zero-order valence-electron chi connectivity index (χ0n) is 17.9. The second-order valence-electron chi connectivity index (χ2n) is 7.49. The van der Waals surface area contributed by atoms with E-state index in [0.29, 0.717) is 46.7 Å². The van der Waals surface area contributed by atoms with E-state index in [1.54, 1.807) is 61.9 Å². The Morgan fingerprint density at radius 2 is 2.09 bits per heavy atom. The summed E-state index contributed by atoms with van der Waals surface area (Å²) < 4.78 is 20.3. The Hall–Kier alpha value is -2.78. The van der Waals surface area contributed by atoms with Gasteiger partial charge in [-0.2, -0.15) is 0 Å². The van der Waals surface area contributed by atoms with Crippen LogP contribution in [0.2, 0.25) is 10.0 Å². The van der Waals surface area contributed by atoms with Gasteiger partial charge in [0.1, 0.15) is 18.5 Å². The smallest absolute Gasteiger partial charge is 0.411 e. The van der Waals surface area contributed by atoms with E-state index in [4.69, 9.17) is 37.4 Å². The Labute approximate surface area is 201 Å². The lowest BCUT2D eigenvalue weighted by Gasteiger charge is -2.30. The van der Waals surface area contributed by atoms with E-state index in [9.17, 15) is 9.90 Å². The van der Waals surface area contributed by atoms with Crippen molar-refractivity contribution in [2.75, 3.05) is 24.7 Å². The largest absolute Gasteiger partial charge is 0.491 e. The highest BCUT2D eigenvalue weighted by molar-refractivity contribution is 6.35. The number of benzene rings is 2. The van der Waals surface area contributed by atoms with Crippen LogP contribution in [0.25, 0.3) is 0 Å². The van der Waals surface area contributed by atoms with Gasteiger partial charge in [0.15, 0.2) is 0 Å². The standard InChI is InChI=1S/C23H23Cl2N3O5/c1-2-28(22(29)30)17-4-6-18(7-5-17)31-12-19-13-32-23(33-19,14-27-10-9-26-15-27)20-8-3-16(24)11-21(20)25/h3-11,15,19H,2,12-14H2,1H3,(H,29,30)/t19-,23-/m1/s1. The number of hydrogen-bond acceptors (Lipinski definition) is 5. The summed E-state index contributed by atoms with van der Waals surface area (Å²) in [6.07, 6.45) is 3.82. The average Bonchev–Trinajstić information content (AvgIpc) is 3.44. The number of anilines is 1. The van der Waals surface area contributed by atoms with Crippen LogP contribution in [0.4, 0.5) is 10.5 Å². The predicted molar refractivity (Wildman–Crippen MR) is 124 cm³/mol. The van der Waals surface area contributed by atoms with Gasteiger partial charge in [-0.25, -0.2) is 9.78 Å². The average molecular weight is 492 g/mol. The SMILES string of the molecule is CCN(C(=O)O)c1ccc(OC[C@@H]2CO[C@@](Cn3ccnc3)(c3ccc(Cl)cc3Cl)O2)cc1. The number of aromatic nitrogens is 2. The lowest BCUT2D eigenvalue weighted by Crippen LogP contribution is -2.34. The Kier molecular flexibility index (Phi) is 7.09. The van der Waals surface area contributed by atoms with Gasteiger partial charge in [-0.15, -0.1) is 0 Å². The minimum atomic E-state index is -1.12. The molecule has 8 nitrogen and oxygen atoms in total. The van der Waals surface area contributed by atoms with Crippen molar-refractivity contribution < 1.29 is 24.1 Å². The Morgan fingerprint density at radius 3 is 2.73 bits per heavy atom. The lowest BCUT2D eigenvalue weighted by molar-refractivity contribution is -0.189. The van der Waals surface area contributed by atoms with Crippen LogP contribution >= 0.6 is 23.2 Å². The molecule has 3 aromatic rings. The van der Waals surface area contributed by atoms with Crippen molar-refractivity contribution in [2.45, 2.75) is 25.4 Å². The molecule has 0 bridgehead atoms. The molecule has 2 heterocycles. The second kappa shape index (κ2) is 10.0. The third-order valence-electron chi connectivity index (χ3n) is 5.28. The molecule has 10 heteroatoms. The maximum atomic E-state index is 11.3. The van der Waals surface area contributed by atoms with Crippen LogP contribution in [0.15, 0.2) is 61.2 Å². The number of halogens is 2. The van der Waals surface area contributed by atoms with Crippen LogP contribution in [0.5, 0.6) is 5.75 Å². The molecule has 1 saturated heterocycles. The summed E-state index contributed by atoms with van der Waals surface area (Å²) in [7, 11) is 0. The molecule has 0 spiro atoms. The minimum absolute atomic E-state index is 0.243. The van der Waals surface area contributed by atoms with Gasteiger partial charge in [-0.3, -0.25) is 4.90 Å². The van der Waals surface area contributed by atoms with Crippen molar-refractivity contribution in [1.29, 1.82) is 0 Å². The highest BCUT2D eigenvalue weighted by atomic mass is 35.5. The van der Waals surface area contributed by atoms with Gasteiger partial charge in [0.05, 0.1) is 24.5 Å². The maximum Gasteiger partial charge on any atom is 0.411 e. The van der Waals surface area contributed by atoms with Crippen molar-refractivity contribution in [3.8, 4) is 5.75 Å². The fraction of sp³-hybridized carbons (Fsp3) is 0.304. The Bertz CT molecular complexity index is 1090. The maximum absolute atomic E-state index is 11.3. The van der Waals surface area contributed by atoms with Gasteiger partial charge in [-0.05, 0) is 43.3 Å². The van der Waals surface area contributed by atoms with E-state index in [2.05, 4.69) is 4.98 Å². The number of rotatable bonds is 8. The molecule has 4 rings (SSSR count). The first-order chi connectivity index (χ1) is 15.9. The molecule has 174 valence electrons. The van der Waals surface area contributed by atoms with Crippen LogP contribution in [0.3, 0.4) is 0 Å². The first kappa shape index (κ1) is 23.4. The molecule has 1 amide bonds. The summed E-state index contributed by atoms with van der Waals surface area (Å²) in [6, 6.07) is 12.1. The lowest BCUT2D eigenvalue weighted by atomic mass is 10.1. The molecule has 1 fully saturated rings. The van der Waals surface area contributed by atoms with E-state index in [-0.39, 0.29) is 12.7 Å². The van der Waals surface area contributed by atoms with Crippen LogP contribution in [-0.2, 0) is 21.8 Å². The topological polar surface area (TPSA) is 86.1 Å². The van der Waals surface area contributed by atoms with Gasteiger partial charge in [0, 0.05) is 35.2 Å². The van der Waals surface area contributed by atoms with Gasteiger partial charge in [0.25, 0.3) is 0 Å². The molecule has 0 radical (unpaired) electrons. The molecular weight excluding hydrogens is 469 g/mol. The van der Waals surface area contributed by atoms with Crippen LogP contribution < -0.4 is 9.64 Å². The molecule has 0 saturated carbocycles. The molecule has 0 unspecified atom stereocenters. The minimum Gasteiger partial charge on any atom is -0.491 e. The predicted octanol–water partition coefficient (Wildman–Crippen LogP) is 5.04. The third kappa shape index (κ3) is 5.25. The summed E-state index contributed by atoms with van der Waals surface area (Å²) in [5.41, 5.74) is 1.25. The monoisotopic (exact) mass is 491 g/mol. The van der Waals surface area contributed by atoms with Crippen molar-refractivity contribution in [3.63, 3.8) is 0 Å². The first-order valence-electron chi connectivity index (χ1n) is 10.4. The van der Waals surface area contributed by atoms with Crippen molar-refractivity contribution in [1.82, 2.24) is 9.55 Å². The fourth-order valence-electron chi connectivity index (χ4n) is 3.72. The van der Waals surface area contributed by atoms with E-state index in [1.807, 2.05) is 10.8 Å². The van der Waals surface area contributed by atoms with E-state index >= 15 is 0 Å². The van der Waals surface area contributed by atoms with Crippen LogP contribution in [-0.4, -0.2) is 46.6 Å². The van der Waals surface area contributed by atoms with Crippen molar-refractivity contribution in [3.05, 3.63) is 76.8 Å². The quantitative estimate of drug-likeness (QED) is 0.474. The number of amides is 1. The van der Waals surface area contributed by atoms with E-state index in [0.717, 1.165) is 0 Å². The number of nitrogens with zero attached hydrogens (tertiary/aromatic N) is 3. The summed E-state index contributed by atoms with van der Waals surface area (Å²) in [5.74, 6) is -0.524. The number of imidazole rings is 1. The molecule has 2 aromatic carbocycles. The highest BCUT2D eigenvalue weighted by Crippen LogP contribution is 2.40. The molecule has 0 aliphatic carbocycles. The normalized spacial score (nSPS) is 20.0. The molecule has 1 aliphatic rings. The van der Waals surface area contributed by atoms with Crippen LogP contribution in [0.1, 0.15) is 12.5 Å². The Balaban J connectivity index is 1.46. The molecule has 2 atom stereocenters. The molecule has 1 N–H and O–H groups in total. The summed E-state index contributed by atoms with van der Waals surface area (Å²) in [5, 5.41) is 10.2. The van der Waals surface area contributed by atoms with Crippen LogP contribution in [0, 0.1) is 0 Å². The number of carboxylic acid groups (broad SMARTS) is 1. The summed E-state index contributed by atoms with van der Waals surface area (Å²) in [4.78, 5) is 16.6. The number of ether oxygens (including phenoxy) is 3. The molecule has 1 aromatic heterocycles. The van der Waals surface area contributed by atoms with Gasteiger partial charge in [-0.1, -0.05) is 29.3 Å². The van der Waals surface area contributed by atoms with E-state index in [1.165, 1.54) is 4.90 Å². The number of carbonyl (C=O) groups is 1. The molecular formula is C23H23Cl2N3O5. The van der Waals surface area contributed by atoms with E-state index < -0.39 is 11.9 Å². The van der Waals surface area contributed by atoms with Crippen molar-refractivity contribution in [2.24, 2.45) is 0 Å². The number of hydrogen-bond donors (Lipinski definition) is 1. The molecule has 33 heavy (non-hydrogen) atoms. The fourth-order valence-corrected chi connectivity index (χ4v) is 4.27. The highest BCUT2D eigenvalue weighted by Gasteiger charge is 2.45. The molecule has 1 aliphatic heterocycles. The summed E-state index contributed by atoms with van der Waals surface area (Å²) in [6.45, 7) is 3.02. The Morgan fingerprint density at radius 1 is 1.30 bits per heavy atom.